The monoisotopic (exact) mass is 412 g/mol. The van der Waals surface area contributed by atoms with Gasteiger partial charge in [-0.1, -0.05) is 15.9 Å². The number of nitriles is 1. The summed E-state index contributed by atoms with van der Waals surface area (Å²) in [6.07, 6.45) is 1.37. The zero-order valence-corrected chi connectivity index (χ0v) is 15.8. The van der Waals surface area contributed by atoms with Crippen molar-refractivity contribution in [1.82, 2.24) is 0 Å². The topological polar surface area (TPSA) is 94.0 Å². The SMILES string of the molecule is CC(=O)Nc1ccc(NC(=O)/C(C#N)=C\Nc2ccc(Br)cc2C)cc1. The summed E-state index contributed by atoms with van der Waals surface area (Å²) < 4.78 is 0.950. The molecule has 3 N–H and O–H groups in total. The molecule has 2 rings (SSSR count). The fourth-order valence-corrected chi connectivity index (χ4v) is 2.60. The van der Waals surface area contributed by atoms with Gasteiger partial charge in [-0.2, -0.15) is 5.26 Å². The van der Waals surface area contributed by atoms with E-state index in [0.717, 1.165) is 15.7 Å². The molecular formula is C19H17BrN4O2. The highest BCUT2D eigenvalue weighted by atomic mass is 79.9. The molecule has 0 saturated carbocycles. The van der Waals surface area contributed by atoms with Crippen LogP contribution in [-0.4, -0.2) is 11.8 Å². The van der Waals surface area contributed by atoms with Crippen molar-refractivity contribution in [2.45, 2.75) is 13.8 Å². The van der Waals surface area contributed by atoms with E-state index in [2.05, 4.69) is 31.9 Å². The normalized spacial score (nSPS) is 10.6. The zero-order valence-electron chi connectivity index (χ0n) is 14.3. The molecule has 26 heavy (non-hydrogen) atoms. The van der Waals surface area contributed by atoms with E-state index in [4.69, 9.17) is 0 Å². The molecule has 6 nitrogen and oxygen atoms in total. The van der Waals surface area contributed by atoms with Crippen molar-refractivity contribution >= 4 is 44.8 Å². The Balaban J connectivity index is 2.06. The number of amides is 2. The molecule has 0 fully saturated rings. The van der Waals surface area contributed by atoms with Gasteiger partial charge < -0.3 is 16.0 Å². The van der Waals surface area contributed by atoms with E-state index in [9.17, 15) is 14.9 Å². The maximum atomic E-state index is 12.2. The second kappa shape index (κ2) is 8.83. The predicted octanol–water partition coefficient (Wildman–Crippen LogP) is 4.17. The molecule has 0 aliphatic rings. The van der Waals surface area contributed by atoms with Gasteiger partial charge in [-0.25, -0.2) is 0 Å². The van der Waals surface area contributed by atoms with Gasteiger partial charge >= 0.3 is 0 Å². The van der Waals surface area contributed by atoms with Crippen LogP contribution in [0.4, 0.5) is 17.1 Å². The molecular weight excluding hydrogens is 396 g/mol. The third-order valence-corrected chi connectivity index (χ3v) is 3.88. The van der Waals surface area contributed by atoms with Crippen LogP contribution in [0.5, 0.6) is 0 Å². The highest BCUT2D eigenvalue weighted by molar-refractivity contribution is 9.10. The minimum Gasteiger partial charge on any atom is -0.360 e. The van der Waals surface area contributed by atoms with Crippen LogP contribution in [0.1, 0.15) is 12.5 Å². The maximum absolute atomic E-state index is 12.2. The molecule has 0 unspecified atom stereocenters. The summed E-state index contributed by atoms with van der Waals surface area (Å²) in [5, 5.41) is 17.5. The Morgan fingerprint density at radius 3 is 2.23 bits per heavy atom. The number of nitrogens with zero attached hydrogens (tertiary/aromatic N) is 1. The fourth-order valence-electron chi connectivity index (χ4n) is 2.13. The van der Waals surface area contributed by atoms with E-state index in [0.29, 0.717) is 11.4 Å². The summed E-state index contributed by atoms with van der Waals surface area (Å²) in [4.78, 5) is 23.2. The molecule has 2 aromatic carbocycles. The maximum Gasteiger partial charge on any atom is 0.267 e. The van der Waals surface area contributed by atoms with E-state index >= 15 is 0 Å². The molecule has 0 heterocycles. The zero-order chi connectivity index (χ0) is 19.1. The van der Waals surface area contributed by atoms with Crippen LogP contribution < -0.4 is 16.0 Å². The molecule has 0 aliphatic heterocycles. The number of carbonyl (C=O) groups is 2. The van der Waals surface area contributed by atoms with Crippen molar-refractivity contribution in [2.24, 2.45) is 0 Å². The first-order valence-corrected chi connectivity index (χ1v) is 8.50. The van der Waals surface area contributed by atoms with Crippen LogP contribution in [0.25, 0.3) is 0 Å². The van der Waals surface area contributed by atoms with Crippen LogP contribution in [0.3, 0.4) is 0 Å². The first kappa shape index (κ1) is 19.2. The van der Waals surface area contributed by atoms with Crippen LogP contribution in [-0.2, 0) is 9.59 Å². The predicted molar refractivity (Wildman–Crippen MR) is 106 cm³/mol. The van der Waals surface area contributed by atoms with Crippen molar-refractivity contribution < 1.29 is 9.59 Å². The summed E-state index contributed by atoms with van der Waals surface area (Å²) in [7, 11) is 0. The number of benzene rings is 2. The lowest BCUT2D eigenvalue weighted by atomic mass is 10.2. The summed E-state index contributed by atoms with van der Waals surface area (Å²) in [5.74, 6) is -0.701. The molecule has 0 spiro atoms. The Labute approximate surface area is 160 Å². The Morgan fingerprint density at radius 2 is 1.69 bits per heavy atom. The lowest BCUT2D eigenvalue weighted by Gasteiger charge is -2.08. The highest BCUT2D eigenvalue weighted by Crippen LogP contribution is 2.20. The Bertz CT molecular complexity index is 899. The van der Waals surface area contributed by atoms with Gasteiger partial charge in [0.1, 0.15) is 11.6 Å². The third kappa shape index (κ3) is 5.46. The molecule has 0 aromatic heterocycles. The molecule has 0 aliphatic carbocycles. The molecule has 0 radical (unpaired) electrons. The van der Waals surface area contributed by atoms with Crippen LogP contribution >= 0.6 is 15.9 Å². The quantitative estimate of drug-likeness (QED) is 0.507. The van der Waals surface area contributed by atoms with E-state index in [-0.39, 0.29) is 11.5 Å². The molecule has 7 heteroatoms. The summed E-state index contributed by atoms with van der Waals surface area (Å²) in [6.45, 7) is 3.34. The van der Waals surface area contributed by atoms with Crippen LogP contribution in [0, 0.1) is 18.3 Å². The summed E-state index contributed by atoms with van der Waals surface area (Å²) in [5.41, 5.74) is 2.86. The van der Waals surface area contributed by atoms with Crippen LogP contribution in [0.2, 0.25) is 0 Å². The lowest BCUT2D eigenvalue weighted by molar-refractivity contribution is -0.114. The van der Waals surface area contributed by atoms with Gasteiger partial charge in [0.25, 0.3) is 5.91 Å². The molecule has 2 amide bonds. The van der Waals surface area contributed by atoms with Gasteiger partial charge in [0.2, 0.25) is 5.91 Å². The van der Waals surface area contributed by atoms with Gasteiger partial charge in [0, 0.05) is 34.7 Å². The average Bonchev–Trinajstić information content (AvgIpc) is 2.58. The van der Waals surface area contributed by atoms with Gasteiger partial charge in [-0.05, 0) is 55.0 Å². The average molecular weight is 413 g/mol. The number of aryl methyl sites for hydroxylation is 1. The Kier molecular flexibility index (Phi) is 6.53. The summed E-state index contributed by atoms with van der Waals surface area (Å²) >= 11 is 3.39. The number of hydrogen-bond acceptors (Lipinski definition) is 4. The van der Waals surface area contributed by atoms with Crippen LogP contribution in [0.15, 0.2) is 58.7 Å². The third-order valence-electron chi connectivity index (χ3n) is 3.39. The molecule has 2 aromatic rings. The number of hydrogen-bond donors (Lipinski definition) is 3. The van der Waals surface area contributed by atoms with E-state index < -0.39 is 5.91 Å². The first-order valence-electron chi connectivity index (χ1n) is 7.71. The Hall–Kier alpha value is -3.11. The smallest absolute Gasteiger partial charge is 0.267 e. The molecule has 132 valence electrons. The lowest BCUT2D eigenvalue weighted by Crippen LogP contribution is -2.14. The van der Waals surface area contributed by atoms with E-state index in [1.165, 1.54) is 13.1 Å². The largest absolute Gasteiger partial charge is 0.360 e. The molecule has 0 atom stereocenters. The number of halogens is 1. The van der Waals surface area contributed by atoms with Gasteiger partial charge in [-0.3, -0.25) is 9.59 Å². The fraction of sp³-hybridized carbons (Fsp3) is 0.105. The summed E-state index contributed by atoms with van der Waals surface area (Å²) in [6, 6.07) is 14.1. The number of rotatable bonds is 5. The molecule has 0 bridgehead atoms. The number of anilines is 3. The highest BCUT2D eigenvalue weighted by Gasteiger charge is 2.10. The molecule has 0 saturated heterocycles. The minimum absolute atomic E-state index is 0.0572. The first-order chi connectivity index (χ1) is 12.4. The van der Waals surface area contributed by atoms with Crippen molar-refractivity contribution in [2.75, 3.05) is 16.0 Å². The van der Waals surface area contributed by atoms with E-state index in [1.807, 2.05) is 31.2 Å². The van der Waals surface area contributed by atoms with E-state index in [1.54, 1.807) is 24.3 Å². The van der Waals surface area contributed by atoms with Crippen molar-refractivity contribution in [1.29, 1.82) is 5.26 Å². The number of nitrogens with one attached hydrogen (secondary N) is 3. The van der Waals surface area contributed by atoms with Gasteiger partial charge in [0.15, 0.2) is 0 Å². The van der Waals surface area contributed by atoms with Crippen molar-refractivity contribution in [3.8, 4) is 6.07 Å². The standard InChI is InChI=1S/C19H17BrN4O2/c1-12-9-15(20)3-8-18(12)22-11-14(10-21)19(26)24-17-6-4-16(5-7-17)23-13(2)25/h3-9,11,22H,1-2H3,(H,23,25)(H,24,26)/b14-11-. The minimum atomic E-state index is -0.526. The second-order valence-electron chi connectivity index (χ2n) is 5.49. The van der Waals surface area contributed by atoms with Gasteiger partial charge in [-0.15, -0.1) is 0 Å². The second-order valence-corrected chi connectivity index (χ2v) is 6.40. The Morgan fingerprint density at radius 1 is 1.08 bits per heavy atom. The van der Waals surface area contributed by atoms with Crippen molar-refractivity contribution in [3.63, 3.8) is 0 Å². The van der Waals surface area contributed by atoms with Crippen molar-refractivity contribution in [3.05, 3.63) is 64.3 Å². The van der Waals surface area contributed by atoms with Gasteiger partial charge in [0.05, 0.1) is 0 Å². The number of carbonyl (C=O) groups excluding carboxylic acids is 2.